The summed E-state index contributed by atoms with van der Waals surface area (Å²) in [5, 5.41) is 0. The van der Waals surface area contributed by atoms with Crippen LogP contribution >= 0.6 is 0 Å². The number of rotatable bonds is 3. The van der Waals surface area contributed by atoms with Gasteiger partial charge in [-0.2, -0.15) is 0 Å². The molecule has 0 N–H and O–H groups in total. The van der Waals surface area contributed by atoms with E-state index in [2.05, 4.69) is 11.8 Å². The largest absolute Gasteiger partial charge is 0.496 e. The minimum Gasteiger partial charge on any atom is -0.496 e. The molecule has 1 aliphatic rings. The number of nitrogens with zero attached hydrogens (tertiary/aromatic N) is 2. The highest BCUT2D eigenvalue weighted by atomic mass is 16.5. The first-order valence-corrected chi connectivity index (χ1v) is 7.32. The number of hydrogen-bond donors (Lipinski definition) is 0. The number of amides is 1. The zero-order valence-corrected chi connectivity index (χ0v) is 12.7. The standard InChI is InChI=1S/C16H24N2O2/c1-4-17-8-5-9-18(11-10-17)16(19)14-7-6-13(2)15(12-14)20-3/h6-7,12H,4-5,8-11H2,1-3H3. The van der Waals surface area contributed by atoms with Crippen LogP contribution in [0.2, 0.25) is 0 Å². The molecule has 1 heterocycles. The highest BCUT2D eigenvalue weighted by Gasteiger charge is 2.20. The Balaban J connectivity index is 2.10. The summed E-state index contributed by atoms with van der Waals surface area (Å²) in [5.74, 6) is 0.891. The number of hydrogen-bond acceptors (Lipinski definition) is 3. The maximum Gasteiger partial charge on any atom is 0.254 e. The van der Waals surface area contributed by atoms with Crippen molar-refractivity contribution in [3.8, 4) is 5.75 Å². The van der Waals surface area contributed by atoms with Gasteiger partial charge in [0.1, 0.15) is 5.75 Å². The van der Waals surface area contributed by atoms with Gasteiger partial charge in [0.25, 0.3) is 5.91 Å². The molecule has 1 amide bonds. The van der Waals surface area contributed by atoms with Gasteiger partial charge in [0, 0.05) is 25.2 Å². The third-order valence-corrected chi connectivity index (χ3v) is 3.98. The molecular weight excluding hydrogens is 252 g/mol. The van der Waals surface area contributed by atoms with E-state index in [-0.39, 0.29) is 5.91 Å². The first kappa shape index (κ1) is 14.9. The zero-order chi connectivity index (χ0) is 14.5. The second kappa shape index (κ2) is 6.75. The molecule has 4 heteroatoms. The molecule has 0 radical (unpaired) electrons. The van der Waals surface area contributed by atoms with Gasteiger partial charge in [-0.15, -0.1) is 0 Å². The number of benzene rings is 1. The summed E-state index contributed by atoms with van der Waals surface area (Å²) >= 11 is 0. The molecule has 1 saturated heterocycles. The molecule has 0 spiro atoms. The summed E-state index contributed by atoms with van der Waals surface area (Å²) in [5.41, 5.74) is 1.77. The fraction of sp³-hybridized carbons (Fsp3) is 0.562. The minimum atomic E-state index is 0.112. The van der Waals surface area contributed by atoms with Crippen LogP contribution in [0.15, 0.2) is 18.2 Å². The Bertz CT molecular complexity index is 474. The number of carbonyl (C=O) groups is 1. The summed E-state index contributed by atoms with van der Waals surface area (Å²) in [4.78, 5) is 16.9. The Morgan fingerprint density at radius 1 is 1.25 bits per heavy atom. The van der Waals surface area contributed by atoms with Gasteiger partial charge in [0.2, 0.25) is 0 Å². The van der Waals surface area contributed by atoms with Crippen LogP contribution in [-0.4, -0.2) is 55.5 Å². The topological polar surface area (TPSA) is 32.8 Å². The van der Waals surface area contributed by atoms with Crippen LogP contribution in [0.25, 0.3) is 0 Å². The number of carbonyl (C=O) groups excluding carboxylic acids is 1. The van der Waals surface area contributed by atoms with Crippen molar-refractivity contribution >= 4 is 5.91 Å². The maximum absolute atomic E-state index is 12.6. The fourth-order valence-corrected chi connectivity index (χ4v) is 2.63. The molecule has 0 unspecified atom stereocenters. The van der Waals surface area contributed by atoms with E-state index in [1.807, 2.05) is 30.0 Å². The van der Waals surface area contributed by atoms with Gasteiger partial charge >= 0.3 is 0 Å². The van der Waals surface area contributed by atoms with Crippen molar-refractivity contribution in [2.24, 2.45) is 0 Å². The molecule has 2 rings (SSSR count). The second-order valence-electron chi connectivity index (χ2n) is 5.26. The fourth-order valence-electron chi connectivity index (χ4n) is 2.63. The van der Waals surface area contributed by atoms with E-state index in [9.17, 15) is 4.79 Å². The van der Waals surface area contributed by atoms with E-state index >= 15 is 0 Å². The van der Waals surface area contributed by atoms with Crippen molar-refractivity contribution in [2.45, 2.75) is 20.3 Å². The number of likely N-dealkylation sites (N-methyl/N-ethyl adjacent to an activating group) is 1. The van der Waals surface area contributed by atoms with E-state index < -0.39 is 0 Å². The Morgan fingerprint density at radius 2 is 2.05 bits per heavy atom. The van der Waals surface area contributed by atoms with Gasteiger partial charge in [-0.3, -0.25) is 4.79 Å². The van der Waals surface area contributed by atoms with Crippen LogP contribution in [0.3, 0.4) is 0 Å². The molecule has 1 aromatic rings. The zero-order valence-electron chi connectivity index (χ0n) is 12.7. The van der Waals surface area contributed by atoms with Gasteiger partial charge in [0.05, 0.1) is 7.11 Å². The number of methoxy groups -OCH3 is 1. The molecule has 1 aliphatic heterocycles. The quantitative estimate of drug-likeness (QED) is 0.848. The molecule has 0 atom stereocenters. The van der Waals surface area contributed by atoms with Crippen molar-refractivity contribution in [1.82, 2.24) is 9.80 Å². The molecule has 0 aliphatic carbocycles. The summed E-state index contributed by atoms with van der Waals surface area (Å²) < 4.78 is 5.30. The Kier molecular flexibility index (Phi) is 5.01. The van der Waals surface area contributed by atoms with Crippen LogP contribution < -0.4 is 4.74 Å². The smallest absolute Gasteiger partial charge is 0.254 e. The molecule has 4 nitrogen and oxygen atoms in total. The molecule has 1 aromatic carbocycles. The lowest BCUT2D eigenvalue weighted by Crippen LogP contribution is -2.35. The molecule has 20 heavy (non-hydrogen) atoms. The summed E-state index contributed by atoms with van der Waals surface area (Å²) in [6.07, 6.45) is 1.04. The lowest BCUT2D eigenvalue weighted by Gasteiger charge is -2.21. The summed E-state index contributed by atoms with van der Waals surface area (Å²) in [7, 11) is 1.64. The van der Waals surface area contributed by atoms with Gasteiger partial charge in [-0.25, -0.2) is 0 Å². The second-order valence-corrected chi connectivity index (χ2v) is 5.26. The molecule has 0 saturated carbocycles. The van der Waals surface area contributed by atoms with E-state index in [1.165, 1.54) is 0 Å². The monoisotopic (exact) mass is 276 g/mol. The minimum absolute atomic E-state index is 0.112. The van der Waals surface area contributed by atoms with E-state index in [4.69, 9.17) is 4.74 Å². The van der Waals surface area contributed by atoms with Crippen molar-refractivity contribution in [2.75, 3.05) is 39.8 Å². The summed E-state index contributed by atoms with van der Waals surface area (Å²) in [6, 6.07) is 5.69. The average molecular weight is 276 g/mol. The van der Waals surface area contributed by atoms with Gasteiger partial charge < -0.3 is 14.5 Å². The van der Waals surface area contributed by atoms with Crippen LogP contribution in [0.4, 0.5) is 0 Å². The third-order valence-electron chi connectivity index (χ3n) is 3.98. The SMILES string of the molecule is CCN1CCCN(C(=O)c2ccc(C)c(OC)c2)CC1. The predicted molar refractivity (Wildman–Crippen MR) is 80.4 cm³/mol. The number of ether oxygens (including phenoxy) is 1. The highest BCUT2D eigenvalue weighted by Crippen LogP contribution is 2.20. The van der Waals surface area contributed by atoms with E-state index in [0.29, 0.717) is 0 Å². The molecule has 1 fully saturated rings. The average Bonchev–Trinajstić information content (AvgIpc) is 2.72. The number of aryl methyl sites for hydroxylation is 1. The third kappa shape index (κ3) is 3.31. The van der Waals surface area contributed by atoms with Crippen molar-refractivity contribution < 1.29 is 9.53 Å². The molecule has 110 valence electrons. The van der Waals surface area contributed by atoms with Crippen LogP contribution in [0.1, 0.15) is 29.3 Å². The van der Waals surface area contributed by atoms with Crippen molar-refractivity contribution in [3.05, 3.63) is 29.3 Å². The van der Waals surface area contributed by atoms with Crippen LogP contribution in [0, 0.1) is 6.92 Å². The van der Waals surface area contributed by atoms with Crippen LogP contribution in [-0.2, 0) is 0 Å². The van der Waals surface area contributed by atoms with E-state index in [1.54, 1.807) is 7.11 Å². The first-order valence-electron chi connectivity index (χ1n) is 7.32. The highest BCUT2D eigenvalue weighted by molar-refractivity contribution is 5.94. The Morgan fingerprint density at radius 3 is 2.75 bits per heavy atom. The lowest BCUT2D eigenvalue weighted by atomic mass is 10.1. The van der Waals surface area contributed by atoms with Crippen LogP contribution in [0.5, 0.6) is 5.75 Å². The van der Waals surface area contributed by atoms with Crippen molar-refractivity contribution in [3.63, 3.8) is 0 Å². The lowest BCUT2D eigenvalue weighted by molar-refractivity contribution is 0.0761. The van der Waals surface area contributed by atoms with Gasteiger partial charge in [-0.1, -0.05) is 13.0 Å². The Labute approximate surface area is 121 Å². The molecular formula is C16H24N2O2. The first-order chi connectivity index (χ1) is 9.65. The van der Waals surface area contributed by atoms with Crippen molar-refractivity contribution in [1.29, 1.82) is 0 Å². The normalized spacial score (nSPS) is 16.9. The molecule has 0 bridgehead atoms. The maximum atomic E-state index is 12.6. The van der Waals surface area contributed by atoms with Gasteiger partial charge in [0.15, 0.2) is 0 Å². The van der Waals surface area contributed by atoms with E-state index in [0.717, 1.165) is 56.0 Å². The summed E-state index contributed by atoms with van der Waals surface area (Å²) in [6.45, 7) is 8.90. The Hall–Kier alpha value is -1.55. The molecule has 0 aromatic heterocycles. The van der Waals surface area contributed by atoms with Gasteiger partial charge in [-0.05, 0) is 44.1 Å². The predicted octanol–water partition coefficient (Wildman–Crippen LogP) is 2.17.